The van der Waals surface area contributed by atoms with Crippen molar-refractivity contribution in [2.45, 2.75) is 51.8 Å². The van der Waals surface area contributed by atoms with Gasteiger partial charge in [-0.1, -0.05) is 0 Å². The van der Waals surface area contributed by atoms with E-state index in [2.05, 4.69) is 5.32 Å². The minimum absolute atomic E-state index is 0.346. The number of likely N-dealkylation sites (tertiary alicyclic amines) is 1. The summed E-state index contributed by atoms with van der Waals surface area (Å²) in [7, 11) is 1.33. The van der Waals surface area contributed by atoms with Crippen LogP contribution in [0.4, 0.5) is 9.59 Å². The molecule has 0 aromatic carbocycles. The third-order valence-electron chi connectivity index (χ3n) is 2.60. The van der Waals surface area contributed by atoms with E-state index in [1.165, 1.54) is 12.0 Å². The third-order valence-corrected chi connectivity index (χ3v) is 2.60. The maximum Gasteiger partial charge on any atom is 0.411 e. The molecule has 1 unspecified atom stereocenters. The van der Waals surface area contributed by atoms with Crippen LogP contribution in [0.25, 0.3) is 0 Å². The molecule has 104 valence electrons. The average Bonchev–Trinajstić information content (AvgIpc) is 2.26. The monoisotopic (exact) mass is 258 g/mol. The van der Waals surface area contributed by atoms with Crippen molar-refractivity contribution in [2.75, 3.05) is 13.7 Å². The van der Waals surface area contributed by atoms with Gasteiger partial charge < -0.3 is 14.8 Å². The van der Waals surface area contributed by atoms with E-state index >= 15 is 0 Å². The van der Waals surface area contributed by atoms with Gasteiger partial charge in [0.25, 0.3) is 0 Å². The summed E-state index contributed by atoms with van der Waals surface area (Å²) in [6.07, 6.45) is 1.32. The zero-order valence-corrected chi connectivity index (χ0v) is 11.5. The SMILES string of the molecule is COC(=O)N1CCCCC1NC(=O)OC(C)(C)C. The maximum atomic E-state index is 11.7. The number of alkyl carbamates (subject to hydrolysis) is 1. The van der Waals surface area contributed by atoms with E-state index in [4.69, 9.17) is 9.47 Å². The molecule has 1 heterocycles. The van der Waals surface area contributed by atoms with Crippen LogP contribution in [0.15, 0.2) is 0 Å². The van der Waals surface area contributed by atoms with Crippen molar-refractivity contribution in [3.63, 3.8) is 0 Å². The van der Waals surface area contributed by atoms with Crippen molar-refractivity contribution in [2.24, 2.45) is 0 Å². The molecule has 1 saturated heterocycles. The molecule has 0 bridgehead atoms. The molecule has 0 spiro atoms. The maximum absolute atomic E-state index is 11.7. The molecular weight excluding hydrogens is 236 g/mol. The Labute approximate surface area is 108 Å². The molecule has 2 amide bonds. The van der Waals surface area contributed by atoms with Crippen molar-refractivity contribution in [1.82, 2.24) is 10.2 Å². The average molecular weight is 258 g/mol. The summed E-state index contributed by atoms with van der Waals surface area (Å²) in [6.45, 7) is 5.98. The molecule has 1 aliphatic rings. The van der Waals surface area contributed by atoms with E-state index in [1.54, 1.807) is 20.8 Å². The van der Waals surface area contributed by atoms with Gasteiger partial charge in [0.05, 0.1) is 7.11 Å². The highest BCUT2D eigenvalue weighted by Gasteiger charge is 2.29. The van der Waals surface area contributed by atoms with E-state index in [1.807, 2.05) is 0 Å². The van der Waals surface area contributed by atoms with E-state index in [9.17, 15) is 9.59 Å². The number of nitrogens with one attached hydrogen (secondary N) is 1. The summed E-state index contributed by atoms with van der Waals surface area (Å²) >= 11 is 0. The van der Waals surface area contributed by atoms with Gasteiger partial charge in [0.1, 0.15) is 11.8 Å². The second-order valence-corrected chi connectivity index (χ2v) is 5.32. The zero-order chi connectivity index (χ0) is 13.8. The highest BCUT2D eigenvalue weighted by atomic mass is 16.6. The molecule has 1 N–H and O–H groups in total. The van der Waals surface area contributed by atoms with Crippen LogP contribution in [0.1, 0.15) is 40.0 Å². The van der Waals surface area contributed by atoms with Crippen molar-refractivity contribution in [3.05, 3.63) is 0 Å². The van der Waals surface area contributed by atoms with Crippen LogP contribution in [-0.2, 0) is 9.47 Å². The second kappa shape index (κ2) is 5.93. The first-order valence-corrected chi connectivity index (χ1v) is 6.17. The van der Waals surface area contributed by atoms with Gasteiger partial charge in [-0.3, -0.25) is 4.90 Å². The Morgan fingerprint density at radius 1 is 1.28 bits per heavy atom. The molecule has 1 rings (SSSR count). The Bertz CT molecular complexity index is 312. The van der Waals surface area contributed by atoms with Crippen molar-refractivity contribution < 1.29 is 19.1 Å². The number of hydrogen-bond acceptors (Lipinski definition) is 4. The molecule has 1 aliphatic heterocycles. The van der Waals surface area contributed by atoms with Crippen LogP contribution >= 0.6 is 0 Å². The fourth-order valence-electron chi connectivity index (χ4n) is 1.86. The Hall–Kier alpha value is -1.46. The standard InChI is InChI=1S/C12H22N2O4/c1-12(2,3)18-10(15)13-9-7-5-6-8-14(9)11(16)17-4/h9H,5-8H2,1-4H3,(H,13,15). The quantitative estimate of drug-likeness (QED) is 0.782. The molecule has 0 aliphatic carbocycles. The van der Waals surface area contributed by atoms with Gasteiger partial charge in [0, 0.05) is 6.54 Å². The third kappa shape index (κ3) is 4.43. The van der Waals surface area contributed by atoms with E-state index < -0.39 is 17.8 Å². The van der Waals surface area contributed by atoms with Gasteiger partial charge in [-0.2, -0.15) is 0 Å². The number of carbonyl (C=O) groups is 2. The zero-order valence-electron chi connectivity index (χ0n) is 11.5. The molecule has 18 heavy (non-hydrogen) atoms. The highest BCUT2D eigenvalue weighted by Crippen LogP contribution is 2.16. The minimum Gasteiger partial charge on any atom is -0.453 e. The number of amides is 2. The summed E-state index contributed by atoms with van der Waals surface area (Å²) in [4.78, 5) is 24.7. The van der Waals surface area contributed by atoms with Gasteiger partial charge in [0.2, 0.25) is 0 Å². The van der Waals surface area contributed by atoms with Gasteiger partial charge in [-0.25, -0.2) is 9.59 Å². The fraction of sp³-hybridized carbons (Fsp3) is 0.833. The normalized spacial score (nSPS) is 20.2. The lowest BCUT2D eigenvalue weighted by molar-refractivity contribution is 0.0356. The van der Waals surface area contributed by atoms with E-state index in [0.717, 1.165) is 12.8 Å². The lowest BCUT2D eigenvalue weighted by Crippen LogP contribution is -2.53. The number of nitrogens with zero attached hydrogens (tertiary/aromatic N) is 1. The number of carbonyl (C=O) groups excluding carboxylic acids is 2. The first-order chi connectivity index (χ1) is 8.33. The molecular formula is C12H22N2O4. The smallest absolute Gasteiger partial charge is 0.411 e. The summed E-state index contributed by atoms with van der Waals surface area (Å²) in [6, 6.07) is 0. The molecule has 6 heteroatoms. The lowest BCUT2D eigenvalue weighted by Gasteiger charge is -2.35. The molecule has 0 saturated carbocycles. The van der Waals surface area contributed by atoms with Gasteiger partial charge in [0.15, 0.2) is 0 Å². The topological polar surface area (TPSA) is 67.9 Å². The Morgan fingerprint density at radius 2 is 1.94 bits per heavy atom. The largest absolute Gasteiger partial charge is 0.453 e. The summed E-state index contributed by atoms with van der Waals surface area (Å²) < 4.78 is 9.87. The van der Waals surface area contributed by atoms with Crippen LogP contribution in [0, 0.1) is 0 Å². The molecule has 1 fully saturated rings. The van der Waals surface area contributed by atoms with Crippen molar-refractivity contribution >= 4 is 12.2 Å². The first kappa shape index (κ1) is 14.6. The molecule has 6 nitrogen and oxygen atoms in total. The van der Waals surface area contributed by atoms with Crippen LogP contribution in [0.2, 0.25) is 0 Å². The Morgan fingerprint density at radius 3 is 2.50 bits per heavy atom. The predicted molar refractivity (Wildman–Crippen MR) is 66.1 cm³/mol. The van der Waals surface area contributed by atoms with Crippen LogP contribution in [-0.4, -0.2) is 42.5 Å². The van der Waals surface area contributed by atoms with E-state index in [0.29, 0.717) is 13.0 Å². The number of hydrogen-bond donors (Lipinski definition) is 1. The predicted octanol–water partition coefficient (Wildman–Crippen LogP) is 2.09. The molecule has 0 aromatic rings. The van der Waals surface area contributed by atoms with Gasteiger partial charge in [-0.15, -0.1) is 0 Å². The molecule has 0 aromatic heterocycles. The second-order valence-electron chi connectivity index (χ2n) is 5.32. The Balaban J connectivity index is 2.57. The summed E-state index contributed by atoms with van der Waals surface area (Å²) in [5, 5.41) is 2.70. The van der Waals surface area contributed by atoms with Crippen molar-refractivity contribution in [3.8, 4) is 0 Å². The summed E-state index contributed by atoms with van der Waals surface area (Å²) in [5.74, 6) is 0. The minimum atomic E-state index is -0.547. The van der Waals surface area contributed by atoms with Crippen LogP contribution < -0.4 is 5.32 Å². The van der Waals surface area contributed by atoms with Gasteiger partial charge in [-0.05, 0) is 40.0 Å². The Kier molecular flexibility index (Phi) is 4.81. The summed E-state index contributed by atoms with van der Waals surface area (Å²) in [5.41, 5.74) is -0.547. The first-order valence-electron chi connectivity index (χ1n) is 6.17. The number of ether oxygens (including phenoxy) is 2. The number of methoxy groups -OCH3 is 1. The highest BCUT2D eigenvalue weighted by molar-refractivity contribution is 5.71. The number of piperidine rings is 1. The number of rotatable bonds is 1. The fourth-order valence-corrected chi connectivity index (χ4v) is 1.86. The van der Waals surface area contributed by atoms with Gasteiger partial charge >= 0.3 is 12.2 Å². The van der Waals surface area contributed by atoms with E-state index in [-0.39, 0.29) is 6.17 Å². The lowest BCUT2D eigenvalue weighted by atomic mass is 10.1. The molecule has 0 radical (unpaired) electrons. The molecule has 1 atom stereocenters. The van der Waals surface area contributed by atoms with Crippen molar-refractivity contribution in [1.29, 1.82) is 0 Å². The van der Waals surface area contributed by atoms with Crippen LogP contribution in [0.3, 0.4) is 0 Å². The van der Waals surface area contributed by atoms with Crippen LogP contribution in [0.5, 0.6) is 0 Å².